The number of rotatable bonds is 4. The van der Waals surface area contributed by atoms with Crippen LogP contribution < -0.4 is 5.32 Å². The Morgan fingerprint density at radius 3 is 2.96 bits per heavy atom. The van der Waals surface area contributed by atoms with E-state index in [1.807, 2.05) is 24.3 Å². The summed E-state index contributed by atoms with van der Waals surface area (Å²) in [6.07, 6.45) is 1.13. The van der Waals surface area contributed by atoms with E-state index in [9.17, 15) is 15.0 Å². The number of carbonyl (C=O) groups excluding carboxylic acids is 1. The second-order valence-corrected chi connectivity index (χ2v) is 8.20. The molecule has 1 saturated heterocycles. The fourth-order valence-corrected chi connectivity index (χ4v) is 4.88. The molecule has 2 aliphatic rings. The van der Waals surface area contributed by atoms with Crippen molar-refractivity contribution in [1.82, 2.24) is 4.90 Å². The fourth-order valence-electron chi connectivity index (χ4n) is 3.96. The zero-order valence-electron chi connectivity index (χ0n) is 14.6. The van der Waals surface area contributed by atoms with Gasteiger partial charge in [-0.3, -0.25) is 9.69 Å². The molecule has 0 aliphatic carbocycles. The van der Waals surface area contributed by atoms with E-state index in [0.29, 0.717) is 25.9 Å². The lowest BCUT2D eigenvalue weighted by Crippen LogP contribution is -2.44. The van der Waals surface area contributed by atoms with Crippen LogP contribution in [0.25, 0.3) is 0 Å². The van der Waals surface area contributed by atoms with Crippen molar-refractivity contribution in [2.24, 2.45) is 0 Å². The summed E-state index contributed by atoms with van der Waals surface area (Å²) in [7, 11) is 0. The van der Waals surface area contributed by atoms with Gasteiger partial charge in [0.2, 0.25) is 5.91 Å². The van der Waals surface area contributed by atoms with Gasteiger partial charge < -0.3 is 15.5 Å². The Bertz CT molecular complexity index is 777. The molecule has 6 heteroatoms. The van der Waals surface area contributed by atoms with E-state index in [1.165, 1.54) is 4.88 Å². The predicted molar refractivity (Wildman–Crippen MR) is 102 cm³/mol. The van der Waals surface area contributed by atoms with Crippen molar-refractivity contribution in [3.05, 3.63) is 51.7 Å². The summed E-state index contributed by atoms with van der Waals surface area (Å²) in [5, 5.41) is 26.1. The van der Waals surface area contributed by atoms with Gasteiger partial charge in [-0.1, -0.05) is 18.2 Å². The summed E-state index contributed by atoms with van der Waals surface area (Å²) < 4.78 is 0. The van der Waals surface area contributed by atoms with Crippen LogP contribution in [0, 0.1) is 0 Å². The molecule has 138 valence electrons. The number of β-amino-alcohol motifs (C(OH)–C–C–N with tert-alkyl or cyclic N) is 2. The van der Waals surface area contributed by atoms with Gasteiger partial charge in [0.25, 0.3) is 0 Å². The zero-order chi connectivity index (χ0) is 18.1. The van der Waals surface area contributed by atoms with Crippen LogP contribution >= 0.6 is 11.3 Å². The molecule has 1 amide bonds. The summed E-state index contributed by atoms with van der Waals surface area (Å²) in [5.41, 5.74) is 2.80. The number of amides is 1. The van der Waals surface area contributed by atoms with Crippen molar-refractivity contribution in [3.8, 4) is 0 Å². The van der Waals surface area contributed by atoms with Gasteiger partial charge in [0.1, 0.15) is 0 Å². The highest BCUT2D eigenvalue weighted by molar-refractivity contribution is 7.10. The molecule has 1 aromatic heterocycles. The number of benzene rings is 1. The molecule has 1 aromatic carbocycles. The first-order valence-electron chi connectivity index (χ1n) is 9.14. The first-order chi connectivity index (χ1) is 12.6. The fraction of sp³-hybridized carbons (Fsp3) is 0.450. The molecule has 0 saturated carbocycles. The topological polar surface area (TPSA) is 72.8 Å². The van der Waals surface area contributed by atoms with Crippen LogP contribution in [-0.4, -0.2) is 46.8 Å². The molecule has 1 fully saturated rings. The number of likely N-dealkylation sites (tertiary alicyclic amines) is 1. The molecule has 3 heterocycles. The number of nitrogens with one attached hydrogen (secondary N) is 1. The van der Waals surface area contributed by atoms with Gasteiger partial charge >= 0.3 is 0 Å². The van der Waals surface area contributed by atoms with E-state index >= 15 is 0 Å². The third-order valence-electron chi connectivity index (χ3n) is 5.42. The highest BCUT2D eigenvalue weighted by atomic mass is 32.1. The average molecular weight is 372 g/mol. The molecule has 0 bridgehead atoms. The molecule has 0 radical (unpaired) electrons. The first-order valence-corrected chi connectivity index (χ1v) is 10.0. The Hall–Kier alpha value is -1.73. The predicted octanol–water partition coefficient (Wildman–Crippen LogP) is 2.52. The number of anilines is 1. The maximum atomic E-state index is 11.5. The number of aliphatic hydroxyl groups excluding tert-OH is 2. The lowest BCUT2D eigenvalue weighted by molar-refractivity contribution is -0.116. The summed E-state index contributed by atoms with van der Waals surface area (Å²) in [5.74, 6) is 0.254. The van der Waals surface area contributed by atoms with Gasteiger partial charge in [-0.25, -0.2) is 0 Å². The van der Waals surface area contributed by atoms with Crippen LogP contribution in [0.15, 0.2) is 35.7 Å². The molecular formula is C20H24N2O3S. The van der Waals surface area contributed by atoms with Crippen molar-refractivity contribution in [1.29, 1.82) is 0 Å². The van der Waals surface area contributed by atoms with Gasteiger partial charge in [0.15, 0.2) is 0 Å². The third kappa shape index (κ3) is 3.69. The molecule has 0 spiro atoms. The monoisotopic (exact) mass is 372 g/mol. The van der Waals surface area contributed by atoms with E-state index in [-0.39, 0.29) is 11.8 Å². The van der Waals surface area contributed by atoms with Crippen LogP contribution in [0.5, 0.6) is 0 Å². The number of aliphatic hydroxyl groups is 2. The molecule has 2 aliphatic heterocycles. The third-order valence-corrected chi connectivity index (χ3v) is 6.42. The SMILES string of the molecule is O=C1CCc2cc([C@@H](O)CN3CCC(c4cccs4)C(O)C3)ccc2N1. The van der Waals surface area contributed by atoms with E-state index in [0.717, 1.165) is 29.8 Å². The number of carbonyl (C=O) groups is 1. The molecule has 3 N–H and O–H groups in total. The van der Waals surface area contributed by atoms with E-state index in [4.69, 9.17) is 0 Å². The van der Waals surface area contributed by atoms with E-state index in [2.05, 4.69) is 21.7 Å². The number of fused-ring (bicyclic) bond motifs is 1. The normalized spacial score (nSPS) is 24.8. The Morgan fingerprint density at radius 1 is 1.31 bits per heavy atom. The number of hydrogen-bond acceptors (Lipinski definition) is 5. The minimum Gasteiger partial charge on any atom is -0.391 e. The molecule has 3 atom stereocenters. The van der Waals surface area contributed by atoms with Crippen molar-refractivity contribution >= 4 is 22.9 Å². The highest BCUT2D eigenvalue weighted by Gasteiger charge is 2.30. The number of piperidine rings is 1. The van der Waals surface area contributed by atoms with Gasteiger partial charge in [0.05, 0.1) is 12.2 Å². The van der Waals surface area contributed by atoms with Gasteiger partial charge in [-0.2, -0.15) is 0 Å². The van der Waals surface area contributed by atoms with Crippen molar-refractivity contribution in [2.75, 3.05) is 25.0 Å². The lowest BCUT2D eigenvalue weighted by atomic mass is 9.92. The summed E-state index contributed by atoms with van der Waals surface area (Å²) in [6, 6.07) is 9.87. The molecule has 5 nitrogen and oxygen atoms in total. The second-order valence-electron chi connectivity index (χ2n) is 7.22. The number of nitrogens with zero attached hydrogens (tertiary/aromatic N) is 1. The van der Waals surface area contributed by atoms with Gasteiger partial charge in [-0.05, 0) is 48.0 Å². The van der Waals surface area contributed by atoms with Crippen molar-refractivity contribution in [2.45, 2.75) is 37.4 Å². The van der Waals surface area contributed by atoms with Gasteiger partial charge in [0, 0.05) is 36.0 Å². The zero-order valence-corrected chi connectivity index (χ0v) is 15.4. The molecule has 2 unspecified atom stereocenters. The maximum absolute atomic E-state index is 11.5. The Morgan fingerprint density at radius 2 is 2.19 bits per heavy atom. The quantitative estimate of drug-likeness (QED) is 0.771. The van der Waals surface area contributed by atoms with E-state index in [1.54, 1.807) is 11.3 Å². The van der Waals surface area contributed by atoms with Crippen molar-refractivity contribution in [3.63, 3.8) is 0 Å². The summed E-state index contributed by atoms with van der Waals surface area (Å²) in [4.78, 5) is 14.8. The minimum atomic E-state index is -0.594. The van der Waals surface area contributed by atoms with Gasteiger partial charge in [-0.15, -0.1) is 11.3 Å². The van der Waals surface area contributed by atoms with Crippen LogP contribution in [0.4, 0.5) is 5.69 Å². The van der Waals surface area contributed by atoms with Crippen LogP contribution in [0.2, 0.25) is 0 Å². The molecule has 2 aromatic rings. The molecule has 26 heavy (non-hydrogen) atoms. The standard InChI is InChI=1S/C20H24N2O3S/c23-17(14-3-5-16-13(10-14)4-6-20(25)21-16)11-22-8-7-15(18(24)12-22)19-2-1-9-26-19/h1-3,5,9-10,15,17-18,23-24H,4,6-8,11-12H2,(H,21,25)/t15?,17-,18?/m0/s1. The van der Waals surface area contributed by atoms with Crippen molar-refractivity contribution < 1.29 is 15.0 Å². The highest BCUT2D eigenvalue weighted by Crippen LogP contribution is 2.32. The van der Waals surface area contributed by atoms with Crippen LogP contribution in [-0.2, 0) is 11.2 Å². The largest absolute Gasteiger partial charge is 0.391 e. The Kier molecular flexibility index (Phi) is 5.09. The minimum absolute atomic E-state index is 0.0494. The molecular weight excluding hydrogens is 348 g/mol. The maximum Gasteiger partial charge on any atom is 0.224 e. The summed E-state index contributed by atoms with van der Waals surface area (Å²) >= 11 is 1.70. The Labute approximate surface area is 157 Å². The summed E-state index contributed by atoms with van der Waals surface area (Å²) in [6.45, 7) is 1.97. The Balaban J connectivity index is 1.38. The smallest absolute Gasteiger partial charge is 0.224 e. The number of thiophene rings is 1. The van der Waals surface area contributed by atoms with E-state index < -0.39 is 12.2 Å². The second kappa shape index (κ2) is 7.48. The van der Waals surface area contributed by atoms with Crippen LogP contribution in [0.1, 0.15) is 40.9 Å². The van der Waals surface area contributed by atoms with Crippen LogP contribution in [0.3, 0.4) is 0 Å². The lowest BCUT2D eigenvalue weighted by Gasteiger charge is -2.36. The first kappa shape index (κ1) is 17.7. The molecule has 4 rings (SSSR count). The number of hydrogen-bond donors (Lipinski definition) is 3. The average Bonchev–Trinajstić information content (AvgIpc) is 3.15. The number of aryl methyl sites for hydroxylation is 1.